The van der Waals surface area contributed by atoms with Crippen molar-refractivity contribution in [2.24, 2.45) is 4.99 Å². The summed E-state index contributed by atoms with van der Waals surface area (Å²) in [5.74, 6) is -0.750. The van der Waals surface area contributed by atoms with E-state index in [1.54, 1.807) is 74.5 Å². The van der Waals surface area contributed by atoms with Gasteiger partial charge in [0.2, 0.25) is 0 Å². The van der Waals surface area contributed by atoms with E-state index in [1.807, 2.05) is 0 Å². The van der Waals surface area contributed by atoms with Crippen molar-refractivity contribution in [1.82, 2.24) is 0 Å². The fourth-order valence-corrected chi connectivity index (χ4v) is 5.89. The van der Waals surface area contributed by atoms with Gasteiger partial charge in [-0.3, -0.25) is 19.2 Å². The van der Waals surface area contributed by atoms with Crippen molar-refractivity contribution in [2.75, 3.05) is 18.5 Å². The Hall–Kier alpha value is -5.11. The maximum atomic E-state index is 13.8. The summed E-state index contributed by atoms with van der Waals surface area (Å²) in [7, 11) is 0. The number of rotatable bonds is 4. The molecular weight excluding hydrogens is 508 g/mol. The van der Waals surface area contributed by atoms with Crippen LogP contribution in [-0.2, 0) is 4.74 Å². The molecule has 1 aliphatic heterocycles. The van der Waals surface area contributed by atoms with Gasteiger partial charge in [-0.25, -0.2) is 4.99 Å². The summed E-state index contributed by atoms with van der Waals surface area (Å²) in [6.45, 7) is 4.12. The van der Waals surface area contributed by atoms with Gasteiger partial charge in [0.25, 0.3) is 0 Å². The minimum absolute atomic E-state index is 0.144. The Bertz CT molecular complexity index is 1830. The third kappa shape index (κ3) is 3.16. The Morgan fingerprint density at radius 3 is 1.95 bits per heavy atom. The molecule has 1 heterocycles. The van der Waals surface area contributed by atoms with Crippen LogP contribution in [0.3, 0.4) is 0 Å². The molecule has 0 spiro atoms. The molecule has 1 N–H and O–H groups in total. The third-order valence-corrected chi connectivity index (χ3v) is 7.54. The number of carbonyl (C=O) groups is 4. The number of allylic oxidation sites excluding steroid dienone is 1. The summed E-state index contributed by atoms with van der Waals surface area (Å²) in [6, 6.07) is 14.3. The quantitative estimate of drug-likeness (QED) is 0.394. The van der Waals surface area contributed by atoms with Crippen molar-refractivity contribution < 1.29 is 28.7 Å². The van der Waals surface area contributed by atoms with Crippen molar-refractivity contribution in [3.8, 4) is 5.75 Å². The molecule has 3 aromatic rings. The van der Waals surface area contributed by atoms with Gasteiger partial charge in [-0.2, -0.15) is 0 Å². The molecule has 0 bridgehead atoms. The third-order valence-electron chi connectivity index (χ3n) is 7.54. The number of hydrogen-bond acceptors (Lipinski definition) is 8. The van der Waals surface area contributed by atoms with Crippen LogP contribution in [0.5, 0.6) is 5.75 Å². The Labute approximate surface area is 229 Å². The molecule has 3 aromatic carbocycles. The molecule has 0 amide bonds. The van der Waals surface area contributed by atoms with Crippen molar-refractivity contribution in [3.05, 3.63) is 111 Å². The van der Waals surface area contributed by atoms with Crippen LogP contribution in [0, 0.1) is 0 Å². The van der Waals surface area contributed by atoms with Crippen LogP contribution < -0.4 is 10.1 Å². The minimum atomic E-state index is -0.772. The molecule has 0 saturated heterocycles. The molecule has 0 radical (unpaired) electrons. The topological polar surface area (TPSA) is 111 Å². The van der Waals surface area contributed by atoms with Crippen molar-refractivity contribution in [3.63, 3.8) is 0 Å². The standard InChI is InChI=1S/C32H22N2O6/c1-3-39-21-13-19-27(25-23(21)29(35)15-9-5-7-11-17(15)31(25)37)34-20-14-22(40-4-2)24-26(28(20)33-19)32(38)18-12-8-6-10-16(18)30(24)36/h5-14,27,34H,3-4H2,1-2H3. The zero-order chi connectivity index (χ0) is 27.7. The van der Waals surface area contributed by atoms with Crippen LogP contribution in [-0.4, -0.2) is 48.1 Å². The van der Waals surface area contributed by atoms with Gasteiger partial charge in [0.15, 0.2) is 23.1 Å². The summed E-state index contributed by atoms with van der Waals surface area (Å²) in [5, 5.41) is 3.35. The minimum Gasteiger partial charge on any atom is -0.493 e. The van der Waals surface area contributed by atoms with Crippen LogP contribution >= 0.6 is 0 Å². The molecule has 4 aliphatic rings. The van der Waals surface area contributed by atoms with E-state index < -0.39 is 6.04 Å². The smallest absolute Gasteiger partial charge is 0.198 e. The van der Waals surface area contributed by atoms with Gasteiger partial charge in [0.05, 0.1) is 53.0 Å². The number of Topliss-reactive ketones (excluding diaryl/α,β-unsaturated/α-hetero) is 2. The largest absolute Gasteiger partial charge is 0.493 e. The molecule has 1 atom stereocenters. The molecule has 8 nitrogen and oxygen atoms in total. The Kier molecular flexibility index (Phi) is 5.22. The lowest BCUT2D eigenvalue weighted by Gasteiger charge is -2.36. The lowest BCUT2D eigenvalue weighted by molar-refractivity contribution is 0.0962. The highest BCUT2D eigenvalue weighted by Crippen LogP contribution is 2.47. The van der Waals surface area contributed by atoms with Gasteiger partial charge in [-0.05, 0) is 13.8 Å². The second-order valence-corrected chi connectivity index (χ2v) is 9.71. The monoisotopic (exact) mass is 530 g/mol. The maximum Gasteiger partial charge on any atom is 0.198 e. The van der Waals surface area contributed by atoms with Gasteiger partial charge in [0.1, 0.15) is 11.5 Å². The fourth-order valence-electron chi connectivity index (χ4n) is 5.89. The summed E-state index contributed by atoms with van der Waals surface area (Å²) < 4.78 is 11.7. The molecule has 7 rings (SSSR count). The molecule has 0 fully saturated rings. The molecule has 1 unspecified atom stereocenters. The number of ketones is 4. The molecule has 3 aliphatic carbocycles. The summed E-state index contributed by atoms with van der Waals surface area (Å²) in [5.41, 5.74) is 3.10. The first-order chi connectivity index (χ1) is 19.4. The Morgan fingerprint density at radius 2 is 1.32 bits per heavy atom. The lowest BCUT2D eigenvalue weighted by Crippen LogP contribution is -2.43. The number of nitrogens with zero attached hydrogens (tertiary/aromatic N) is 1. The molecule has 0 aromatic heterocycles. The van der Waals surface area contributed by atoms with Gasteiger partial charge in [-0.15, -0.1) is 0 Å². The number of aliphatic imine (C=N–C) groups is 1. The number of anilines is 1. The van der Waals surface area contributed by atoms with Gasteiger partial charge in [-0.1, -0.05) is 48.5 Å². The van der Waals surface area contributed by atoms with E-state index in [0.29, 0.717) is 33.7 Å². The highest BCUT2D eigenvalue weighted by Gasteiger charge is 2.45. The highest BCUT2D eigenvalue weighted by molar-refractivity contribution is 6.35. The number of ether oxygens (including phenoxy) is 2. The first kappa shape index (κ1) is 24.0. The average Bonchev–Trinajstić information content (AvgIpc) is 2.97. The number of carbonyl (C=O) groups excluding carboxylic acids is 4. The SMILES string of the molecule is CCOC1=CC2=Nc3c(cc(OCC)c4c3C(=O)c3ccccc3C4=O)NC2C2=C1C(=O)c1ccccc1C2=O. The summed E-state index contributed by atoms with van der Waals surface area (Å²) in [4.78, 5) is 59.7. The highest BCUT2D eigenvalue weighted by atomic mass is 16.5. The van der Waals surface area contributed by atoms with Gasteiger partial charge >= 0.3 is 0 Å². The number of hydrogen-bond donors (Lipinski definition) is 1. The van der Waals surface area contributed by atoms with Crippen LogP contribution in [0.1, 0.15) is 66.4 Å². The lowest BCUT2D eigenvalue weighted by atomic mass is 9.75. The first-order valence-electron chi connectivity index (χ1n) is 13.1. The molecule has 40 heavy (non-hydrogen) atoms. The number of benzene rings is 3. The average molecular weight is 531 g/mol. The van der Waals surface area contributed by atoms with Crippen LogP contribution in [0.2, 0.25) is 0 Å². The van der Waals surface area contributed by atoms with E-state index >= 15 is 0 Å². The first-order valence-corrected chi connectivity index (χ1v) is 13.1. The maximum absolute atomic E-state index is 13.8. The zero-order valence-corrected chi connectivity index (χ0v) is 21.7. The Morgan fingerprint density at radius 1 is 0.750 bits per heavy atom. The van der Waals surface area contributed by atoms with Crippen molar-refractivity contribution >= 4 is 40.2 Å². The Balaban J connectivity index is 1.46. The van der Waals surface area contributed by atoms with Gasteiger partial charge < -0.3 is 14.8 Å². The molecular formula is C32H22N2O6. The van der Waals surface area contributed by atoms with E-state index in [9.17, 15) is 19.2 Å². The second kappa shape index (κ2) is 8.71. The number of fused-ring (bicyclic) bond motifs is 7. The van der Waals surface area contributed by atoms with Gasteiger partial charge in [0, 0.05) is 40.0 Å². The van der Waals surface area contributed by atoms with Crippen LogP contribution in [0.15, 0.2) is 82.6 Å². The molecule has 0 saturated carbocycles. The normalized spacial score (nSPS) is 18.3. The summed E-state index contributed by atoms with van der Waals surface area (Å²) in [6.07, 6.45) is 1.63. The van der Waals surface area contributed by atoms with Crippen molar-refractivity contribution in [2.45, 2.75) is 19.9 Å². The van der Waals surface area contributed by atoms with E-state index in [4.69, 9.17) is 14.5 Å². The van der Waals surface area contributed by atoms with E-state index in [1.165, 1.54) is 0 Å². The van der Waals surface area contributed by atoms with E-state index in [2.05, 4.69) is 5.32 Å². The van der Waals surface area contributed by atoms with Crippen LogP contribution in [0.25, 0.3) is 0 Å². The molecule has 8 heteroatoms. The predicted molar refractivity (Wildman–Crippen MR) is 147 cm³/mol. The fraction of sp³-hybridized carbons (Fsp3) is 0.156. The summed E-state index contributed by atoms with van der Waals surface area (Å²) >= 11 is 0. The van der Waals surface area contributed by atoms with Crippen LogP contribution in [0.4, 0.5) is 11.4 Å². The number of nitrogens with one attached hydrogen (secondary N) is 1. The zero-order valence-electron chi connectivity index (χ0n) is 21.7. The van der Waals surface area contributed by atoms with E-state index in [0.717, 1.165) is 0 Å². The predicted octanol–water partition coefficient (Wildman–Crippen LogP) is 5.04. The van der Waals surface area contributed by atoms with E-state index in [-0.39, 0.29) is 75.8 Å². The second-order valence-electron chi connectivity index (χ2n) is 9.71. The van der Waals surface area contributed by atoms with Crippen molar-refractivity contribution in [1.29, 1.82) is 0 Å². The molecule has 196 valence electrons.